The van der Waals surface area contributed by atoms with Crippen LogP contribution in [0.3, 0.4) is 0 Å². The number of esters is 1. The van der Waals surface area contributed by atoms with Crippen LogP contribution < -0.4 is 5.32 Å². The van der Waals surface area contributed by atoms with Gasteiger partial charge >= 0.3 is 101 Å². The van der Waals surface area contributed by atoms with Gasteiger partial charge in [-0.2, -0.15) is 0 Å². The molecular weight excluding hydrogens is 217 g/mol. The van der Waals surface area contributed by atoms with Crippen molar-refractivity contribution in [2.75, 3.05) is 13.6 Å². The number of carbonyl (C=O) groups is 1. The van der Waals surface area contributed by atoms with Gasteiger partial charge in [0.1, 0.15) is 0 Å². The standard InChI is InChI=1S/C12H16BNO3/c1-9-3-5-10(6-4-9)7-11(12(15)17-2)14-8-13-16/h3-6,11,14H,7-8H2,1-2H3. The van der Waals surface area contributed by atoms with E-state index in [-0.39, 0.29) is 12.4 Å². The Kier molecular flexibility index (Phi) is 5.56. The van der Waals surface area contributed by atoms with Crippen molar-refractivity contribution in [1.82, 2.24) is 5.32 Å². The van der Waals surface area contributed by atoms with Gasteiger partial charge in [0, 0.05) is 0 Å². The minimum atomic E-state index is -0.479. The zero-order chi connectivity index (χ0) is 12.7. The fourth-order valence-electron chi connectivity index (χ4n) is 1.53. The van der Waals surface area contributed by atoms with E-state index in [4.69, 9.17) is 0 Å². The van der Waals surface area contributed by atoms with Crippen molar-refractivity contribution in [3.63, 3.8) is 0 Å². The topological polar surface area (TPSA) is 55.4 Å². The summed E-state index contributed by atoms with van der Waals surface area (Å²) < 4.78 is 15.0. The number of benzene rings is 1. The molecule has 0 saturated heterocycles. The zero-order valence-corrected chi connectivity index (χ0v) is 10.1. The molecule has 0 radical (unpaired) electrons. The van der Waals surface area contributed by atoms with Crippen LogP contribution >= 0.6 is 0 Å². The molecule has 90 valence electrons. The van der Waals surface area contributed by atoms with Gasteiger partial charge in [0.25, 0.3) is 0 Å². The second kappa shape index (κ2) is 6.96. The molecule has 17 heavy (non-hydrogen) atoms. The van der Waals surface area contributed by atoms with Gasteiger partial charge in [0.05, 0.1) is 0 Å². The molecule has 1 unspecified atom stereocenters. The summed E-state index contributed by atoms with van der Waals surface area (Å²) in [6.45, 7) is 2.01. The first kappa shape index (κ1) is 13.6. The Labute approximate surface area is 102 Å². The molecule has 1 rings (SSSR count). The summed E-state index contributed by atoms with van der Waals surface area (Å²) in [5.74, 6) is -0.354. The van der Waals surface area contributed by atoms with E-state index in [9.17, 15) is 9.50 Å². The average Bonchev–Trinajstić information content (AvgIpc) is 2.36. The number of methoxy groups -OCH3 is 1. The molecule has 0 amide bonds. The van der Waals surface area contributed by atoms with E-state index < -0.39 is 6.04 Å². The van der Waals surface area contributed by atoms with Gasteiger partial charge in [-0.25, -0.2) is 0 Å². The summed E-state index contributed by atoms with van der Waals surface area (Å²) in [6, 6.07) is 7.43. The van der Waals surface area contributed by atoms with Crippen LogP contribution in [0.2, 0.25) is 0 Å². The second-order valence-corrected chi connectivity index (χ2v) is 3.84. The molecule has 4 nitrogen and oxygen atoms in total. The number of aryl methyl sites for hydroxylation is 1. The number of rotatable bonds is 6. The summed E-state index contributed by atoms with van der Waals surface area (Å²) in [7, 11) is 2.07. The monoisotopic (exact) mass is 233 g/mol. The molecule has 0 aromatic heterocycles. The molecule has 1 atom stereocenters. The first-order valence-corrected chi connectivity index (χ1v) is 5.47. The van der Waals surface area contributed by atoms with Crippen LogP contribution in [-0.4, -0.2) is 32.7 Å². The van der Waals surface area contributed by atoms with Crippen molar-refractivity contribution in [3.8, 4) is 0 Å². The predicted octanol–water partition coefficient (Wildman–Crippen LogP) is 0.676. The van der Waals surface area contributed by atoms with Crippen LogP contribution in [0.15, 0.2) is 24.3 Å². The van der Waals surface area contributed by atoms with Crippen molar-refractivity contribution in [2.45, 2.75) is 19.4 Å². The third-order valence-electron chi connectivity index (χ3n) is 2.49. The molecule has 0 aliphatic carbocycles. The fourth-order valence-corrected chi connectivity index (χ4v) is 1.53. The Bertz CT molecular complexity index is 378. The first-order valence-electron chi connectivity index (χ1n) is 5.47. The van der Waals surface area contributed by atoms with Gasteiger partial charge < -0.3 is 0 Å². The summed E-state index contributed by atoms with van der Waals surface area (Å²) in [5, 5.41) is 2.84. The summed E-state index contributed by atoms with van der Waals surface area (Å²) in [4.78, 5) is 11.5. The van der Waals surface area contributed by atoms with Crippen molar-refractivity contribution in [2.24, 2.45) is 0 Å². The Balaban J connectivity index is 2.67. The summed E-state index contributed by atoms with van der Waals surface area (Å²) in [6.07, 6.45) is 0.659. The Morgan fingerprint density at radius 3 is 2.59 bits per heavy atom. The minimum absolute atomic E-state index is 0.144. The Morgan fingerprint density at radius 2 is 2.06 bits per heavy atom. The molecule has 0 spiro atoms. The van der Waals surface area contributed by atoms with E-state index in [1.165, 1.54) is 12.7 Å². The van der Waals surface area contributed by atoms with Crippen LogP contribution in [-0.2, 0) is 20.7 Å². The zero-order valence-electron chi connectivity index (χ0n) is 10.1. The molecule has 5 heteroatoms. The van der Waals surface area contributed by atoms with Crippen LogP contribution in [0.1, 0.15) is 11.1 Å². The number of ether oxygens (including phenoxy) is 1. The second-order valence-electron chi connectivity index (χ2n) is 3.84. The van der Waals surface area contributed by atoms with Crippen molar-refractivity contribution in [1.29, 1.82) is 0 Å². The SMILES string of the molecule is COC(=O)C(Cc1ccc(C)cc1)NCB=O. The molecule has 0 aliphatic heterocycles. The predicted molar refractivity (Wildman–Crippen MR) is 65.1 cm³/mol. The number of carbonyl (C=O) groups excluding carboxylic acids is 1. The summed E-state index contributed by atoms with van der Waals surface area (Å²) in [5.41, 5.74) is 2.20. The van der Waals surface area contributed by atoms with Gasteiger partial charge in [0.2, 0.25) is 0 Å². The maximum absolute atomic E-state index is 11.5. The van der Waals surface area contributed by atoms with Crippen molar-refractivity contribution >= 4 is 13.1 Å². The number of nitrogens with one attached hydrogen (secondary N) is 1. The van der Waals surface area contributed by atoms with Crippen molar-refractivity contribution < 1.29 is 14.2 Å². The maximum atomic E-state index is 11.5. The van der Waals surface area contributed by atoms with E-state index in [0.29, 0.717) is 6.42 Å². The van der Waals surface area contributed by atoms with Crippen LogP contribution in [0.25, 0.3) is 0 Å². The average molecular weight is 233 g/mol. The molecule has 0 heterocycles. The molecule has 0 bridgehead atoms. The number of hydrogen-bond acceptors (Lipinski definition) is 4. The molecule has 0 fully saturated rings. The molecule has 1 N–H and O–H groups in total. The quantitative estimate of drug-likeness (QED) is 0.579. The van der Waals surface area contributed by atoms with E-state index in [2.05, 4.69) is 10.1 Å². The Morgan fingerprint density at radius 1 is 1.41 bits per heavy atom. The van der Waals surface area contributed by atoms with Gasteiger partial charge in [-0.1, -0.05) is 0 Å². The third kappa shape index (κ3) is 4.48. The summed E-state index contributed by atoms with van der Waals surface area (Å²) >= 11 is 0. The van der Waals surface area contributed by atoms with Gasteiger partial charge in [-0.3, -0.25) is 0 Å². The molecule has 1 aromatic rings. The van der Waals surface area contributed by atoms with E-state index in [1.807, 2.05) is 31.2 Å². The van der Waals surface area contributed by atoms with E-state index >= 15 is 0 Å². The van der Waals surface area contributed by atoms with Crippen LogP contribution in [0.4, 0.5) is 0 Å². The Hall–Kier alpha value is -1.49. The van der Waals surface area contributed by atoms with Crippen LogP contribution in [0.5, 0.6) is 0 Å². The van der Waals surface area contributed by atoms with Crippen LogP contribution in [0, 0.1) is 6.92 Å². The van der Waals surface area contributed by atoms with E-state index in [0.717, 1.165) is 12.7 Å². The van der Waals surface area contributed by atoms with Crippen molar-refractivity contribution in [3.05, 3.63) is 35.4 Å². The molecular formula is C12H16BNO3. The third-order valence-corrected chi connectivity index (χ3v) is 2.49. The molecule has 0 saturated carbocycles. The van der Waals surface area contributed by atoms with E-state index in [1.54, 1.807) is 0 Å². The normalized spacial score (nSPS) is 11.6. The number of hydrogen-bond donors (Lipinski definition) is 1. The van der Waals surface area contributed by atoms with Gasteiger partial charge in [-0.05, 0) is 0 Å². The fraction of sp³-hybridized carbons (Fsp3) is 0.417. The first-order chi connectivity index (χ1) is 8.17. The molecule has 1 aromatic carbocycles. The van der Waals surface area contributed by atoms with Gasteiger partial charge in [-0.15, -0.1) is 0 Å². The molecule has 0 aliphatic rings. The van der Waals surface area contributed by atoms with Gasteiger partial charge in [0.15, 0.2) is 0 Å².